The summed E-state index contributed by atoms with van der Waals surface area (Å²) in [6.45, 7) is 0. The Labute approximate surface area is 126 Å². The zero-order valence-electron chi connectivity index (χ0n) is 11.0. The molecule has 1 aromatic heterocycles. The van der Waals surface area contributed by atoms with Gasteiger partial charge in [0.25, 0.3) is 0 Å². The molecule has 1 unspecified atom stereocenters. The fraction of sp³-hybridized carbons (Fsp3) is 0.125. The monoisotopic (exact) mass is 302 g/mol. The van der Waals surface area contributed by atoms with Crippen molar-refractivity contribution >= 4 is 22.6 Å². The molecule has 0 aliphatic carbocycles. The maximum absolute atomic E-state index is 13.2. The Bertz CT molecular complexity index is 794. The number of aromatic nitrogens is 2. The lowest BCUT2D eigenvalue weighted by atomic mass is 10.1. The molecular weight excluding hydrogens is 291 g/mol. The molecule has 0 spiro atoms. The predicted molar refractivity (Wildman–Crippen MR) is 79.6 cm³/mol. The molecule has 3 nitrogen and oxygen atoms in total. The number of nitrogens with zero attached hydrogens (tertiary/aromatic N) is 2. The number of hydrogen-bond donors (Lipinski definition) is 1. The summed E-state index contributed by atoms with van der Waals surface area (Å²) in [7, 11) is 0. The predicted octanol–water partition coefficient (Wildman–Crippen LogP) is 3.70. The molecule has 3 rings (SSSR count). The second-order valence-electron chi connectivity index (χ2n) is 4.74. The van der Waals surface area contributed by atoms with Crippen LogP contribution in [0.4, 0.5) is 4.39 Å². The Morgan fingerprint density at radius 1 is 1.14 bits per heavy atom. The van der Waals surface area contributed by atoms with Crippen LogP contribution < -0.4 is 0 Å². The van der Waals surface area contributed by atoms with Gasteiger partial charge in [0.15, 0.2) is 0 Å². The van der Waals surface area contributed by atoms with E-state index in [-0.39, 0.29) is 12.2 Å². The van der Waals surface area contributed by atoms with E-state index in [1.165, 1.54) is 24.4 Å². The van der Waals surface area contributed by atoms with Crippen molar-refractivity contribution in [1.29, 1.82) is 0 Å². The summed E-state index contributed by atoms with van der Waals surface area (Å²) in [5.41, 5.74) is 2.45. The third kappa shape index (κ3) is 3.01. The molecule has 0 fully saturated rings. The van der Waals surface area contributed by atoms with E-state index in [2.05, 4.69) is 9.97 Å². The van der Waals surface area contributed by atoms with Crippen molar-refractivity contribution in [3.63, 3.8) is 0 Å². The van der Waals surface area contributed by atoms with E-state index >= 15 is 0 Å². The number of halogens is 2. The van der Waals surface area contributed by atoms with Crippen LogP contribution in [0.3, 0.4) is 0 Å². The van der Waals surface area contributed by atoms with Crippen molar-refractivity contribution in [1.82, 2.24) is 9.97 Å². The van der Waals surface area contributed by atoms with E-state index in [0.717, 1.165) is 5.52 Å². The molecule has 21 heavy (non-hydrogen) atoms. The quantitative estimate of drug-likeness (QED) is 0.802. The van der Waals surface area contributed by atoms with Crippen LogP contribution in [0.2, 0.25) is 5.02 Å². The molecule has 1 heterocycles. The molecule has 0 radical (unpaired) electrons. The molecule has 0 aliphatic heterocycles. The van der Waals surface area contributed by atoms with Crippen LogP contribution in [0, 0.1) is 5.82 Å². The first kappa shape index (κ1) is 13.9. The number of hydrogen-bond acceptors (Lipinski definition) is 3. The van der Waals surface area contributed by atoms with Gasteiger partial charge in [-0.25, -0.2) is 9.37 Å². The van der Waals surface area contributed by atoms with Crippen LogP contribution in [-0.4, -0.2) is 15.1 Å². The molecule has 0 saturated carbocycles. The van der Waals surface area contributed by atoms with Gasteiger partial charge in [0, 0.05) is 11.4 Å². The molecule has 5 heteroatoms. The third-order valence-electron chi connectivity index (χ3n) is 3.23. The first-order chi connectivity index (χ1) is 10.1. The largest absolute Gasteiger partial charge is 0.386 e. The molecular formula is C16H12ClFN2O. The SMILES string of the molecule is OC(Cc1cc(F)ccc1Cl)c1cnc2ccccc2n1. The van der Waals surface area contributed by atoms with E-state index < -0.39 is 6.10 Å². The molecule has 106 valence electrons. The van der Waals surface area contributed by atoms with Crippen LogP contribution in [0.5, 0.6) is 0 Å². The molecule has 2 aromatic carbocycles. The second-order valence-corrected chi connectivity index (χ2v) is 5.15. The Morgan fingerprint density at radius 2 is 1.90 bits per heavy atom. The molecule has 1 atom stereocenters. The summed E-state index contributed by atoms with van der Waals surface area (Å²) in [6, 6.07) is 11.5. The topological polar surface area (TPSA) is 46.0 Å². The molecule has 3 aromatic rings. The minimum Gasteiger partial charge on any atom is -0.386 e. The van der Waals surface area contributed by atoms with Gasteiger partial charge in [-0.3, -0.25) is 4.98 Å². The summed E-state index contributed by atoms with van der Waals surface area (Å²) < 4.78 is 13.2. The number of benzene rings is 2. The lowest BCUT2D eigenvalue weighted by Gasteiger charge is -2.12. The number of aliphatic hydroxyl groups excluding tert-OH is 1. The van der Waals surface area contributed by atoms with Crippen molar-refractivity contribution in [2.45, 2.75) is 12.5 Å². The fourth-order valence-electron chi connectivity index (χ4n) is 2.14. The summed E-state index contributed by atoms with van der Waals surface area (Å²) in [5, 5.41) is 10.7. The van der Waals surface area contributed by atoms with E-state index in [1.54, 1.807) is 0 Å². The second kappa shape index (κ2) is 5.76. The van der Waals surface area contributed by atoms with Gasteiger partial charge in [-0.05, 0) is 35.9 Å². The number of aliphatic hydroxyl groups is 1. The maximum atomic E-state index is 13.2. The molecule has 0 amide bonds. The number of para-hydroxylation sites is 2. The third-order valence-corrected chi connectivity index (χ3v) is 3.60. The summed E-state index contributed by atoms with van der Waals surface area (Å²) in [6.07, 6.45) is 0.825. The zero-order valence-corrected chi connectivity index (χ0v) is 11.8. The van der Waals surface area contributed by atoms with Gasteiger partial charge < -0.3 is 5.11 Å². The summed E-state index contributed by atoms with van der Waals surface area (Å²) in [5.74, 6) is -0.383. The van der Waals surface area contributed by atoms with Gasteiger partial charge in [-0.1, -0.05) is 23.7 Å². The smallest absolute Gasteiger partial charge is 0.123 e. The van der Waals surface area contributed by atoms with Crippen molar-refractivity contribution in [3.05, 3.63) is 70.8 Å². The fourth-order valence-corrected chi connectivity index (χ4v) is 2.34. The minimum atomic E-state index is -0.888. The van der Waals surface area contributed by atoms with Gasteiger partial charge in [0.1, 0.15) is 11.9 Å². The van der Waals surface area contributed by atoms with Crippen LogP contribution in [0.15, 0.2) is 48.7 Å². The average Bonchev–Trinajstić information content (AvgIpc) is 2.50. The first-order valence-corrected chi connectivity index (χ1v) is 6.85. The highest BCUT2D eigenvalue weighted by Crippen LogP contribution is 2.24. The van der Waals surface area contributed by atoms with Crippen LogP contribution in [0.25, 0.3) is 11.0 Å². The maximum Gasteiger partial charge on any atom is 0.123 e. The Morgan fingerprint density at radius 3 is 2.71 bits per heavy atom. The van der Waals surface area contributed by atoms with E-state index in [9.17, 15) is 9.50 Å². The lowest BCUT2D eigenvalue weighted by Crippen LogP contribution is -2.06. The van der Waals surface area contributed by atoms with Crippen molar-refractivity contribution in [2.24, 2.45) is 0 Å². The van der Waals surface area contributed by atoms with Gasteiger partial charge >= 0.3 is 0 Å². The van der Waals surface area contributed by atoms with E-state index in [1.807, 2.05) is 24.3 Å². The Kier molecular flexibility index (Phi) is 3.82. The minimum absolute atomic E-state index is 0.184. The lowest BCUT2D eigenvalue weighted by molar-refractivity contribution is 0.173. The van der Waals surface area contributed by atoms with E-state index in [4.69, 9.17) is 11.6 Å². The van der Waals surface area contributed by atoms with Gasteiger partial charge in [0.2, 0.25) is 0 Å². The van der Waals surface area contributed by atoms with Crippen molar-refractivity contribution in [3.8, 4) is 0 Å². The Balaban J connectivity index is 1.89. The van der Waals surface area contributed by atoms with E-state index in [0.29, 0.717) is 21.8 Å². The molecule has 0 bridgehead atoms. The van der Waals surface area contributed by atoms with Crippen LogP contribution in [-0.2, 0) is 6.42 Å². The van der Waals surface area contributed by atoms with Crippen molar-refractivity contribution in [2.75, 3.05) is 0 Å². The van der Waals surface area contributed by atoms with Crippen LogP contribution in [0.1, 0.15) is 17.4 Å². The Hall–Kier alpha value is -2.04. The zero-order chi connectivity index (χ0) is 14.8. The first-order valence-electron chi connectivity index (χ1n) is 6.47. The highest BCUT2D eigenvalue weighted by atomic mass is 35.5. The molecule has 0 aliphatic rings. The molecule has 0 saturated heterocycles. The van der Waals surface area contributed by atoms with Gasteiger partial charge in [0.05, 0.1) is 22.9 Å². The summed E-state index contributed by atoms with van der Waals surface area (Å²) in [4.78, 5) is 8.63. The average molecular weight is 303 g/mol. The number of rotatable bonds is 3. The summed E-state index contributed by atoms with van der Waals surface area (Å²) >= 11 is 6.01. The number of fused-ring (bicyclic) bond motifs is 1. The van der Waals surface area contributed by atoms with Crippen LogP contribution >= 0.6 is 11.6 Å². The normalized spacial score (nSPS) is 12.5. The van der Waals surface area contributed by atoms with Gasteiger partial charge in [-0.15, -0.1) is 0 Å². The van der Waals surface area contributed by atoms with Gasteiger partial charge in [-0.2, -0.15) is 0 Å². The highest BCUT2D eigenvalue weighted by Gasteiger charge is 2.14. The molecule has 1 N–H and O–H groups in total. The van der Waals surface area contributed by atoms with Crippen molar-refractivity contribution < 1.29 is 9.50 Å². The highest BCUT2D eigenvalue weighted by molar-refractivity contribution is 6.31. The standard InChI is InChI=1S/C16H12ClFN2O/c17-12-6-5-11(18)7-10(12)8-16(21)15-9-19-13-3-1-2-4-14(13)20-15/h1-7,9,16,21H,8H2.